The van der Waals surface area contributed by atoms with Crippen LogP contribution in [0.3, 0.4) is 0 Å². The molecule has 0 N–H and O–H groups in total. The lowest BCUT2D eigenvalue weighted by molar-refractivity contribution is -0.131. The van der Waals surface area contributed by atoms with E-state index in [0.717, 1.165) is 24.8 Å². The summed E-state index contributed by atoms with van der Waals surface area (Å²) in [6, 6.07) is 9.01. The molecule has 1 aromatic carbocycles. The molecule has 2 amide bonds. The predicted molar refractivity (Wildman–Crippen MR) is 118 cm³/mol. The summed E-state index contributed by atoms with van der Waals surface area (Å²) < 4.78 is 27.1. The molecule has 5 aliphatic carbocycles. The minimum absolute atomic E-state index is 0.255. The summed E-state index contributed by atoms with van der Waals surface area (Å²) >= 11 is 0. The molecular weight excluding hydrogens is 425 g/mol. The Balaban J connectivity index is 1.25. The number of nitrogens with zero attached hydrogens (tertiary/aromatic N) is 1. The molecule has 0 radical (unpaired) electrons. The molecule has 8 aliphatic rings. The van der Waals surface area contributed by atoms with E-state index in [1.807, 2.05) is 31.2 Å². The third-order valence-electron chi connectivity index (χ3n) is 8.92. The van der Waals surface area contributed by atoms with E-state index in [9.17, 15) is 14.2 Å². The second-order valence-electron chi connectivity index (χ2n) is 11.1. The summed E-state index contributed by atoms with van der Waals surface area (Å²) in [4.78, 5) is 28.2. The maximum Gasteiger partial charge on any atom is 0.339 e. The number of rotatable bonds is 3. The first-order valence-electron chi connectivity index (χ1n) is 12.0. The first-order valence-corrected chi connectivity index (χ1v) is 13.6. The maximum absolute atomic E-state index is 14.3. The number of benzene rings is 1. The molecule has 0 spiro atoms. The SMILES string of the molecule is CC1=C[C@H]2[C@H]3C(=O)N(c4ccccc4)C(=O)[C@H]3[C@@H]1O[P@@]2(=O)OC12CC3CC(CC(C3)C1)C2. The van der Waals surface area contributed by atoms with Crippen molar-refractivity contribution in [1.29, 1.82) is 0 Å². The van der Waals surface area contributed by atoms with E-state index in [1.165, 1.54) is 24.2 Å². The zero-order chi connectivity index (χ0) is 21.8. The second-order valence-corrected chi connectivity index (χ2v) is 13.1. The third kappa shape index (κ3) is 2.58. The van der Waals surface area contributed by atoms with Gasteiger partial charge in [0.2, 0.25) is 11.8 Å². The number of imide groups is 1. The van der Waals surface area contributed by atoms with Crippen LogP contribution in [-0.4, -0.2) is 29.2 Å². The zero-order valence-corrected chi connectivity index (χ0v) is 19.1. The average molecular weight is 453 g/mol. The van der Waals surface area contributed by atoms with Gasteiger partial charge in [-0.3, -0.25) is 18.7 Å². The highest BCUT2D eigenvalue weighted by atomic mass is 31.2. The highest BCUT2D eigenvalue weighted by molar-refractivity contribution is 7.55. The summed E-state index contributed by atoms with van der Waals surface area (Å²) in [7, 11) is -3.59. The molecule has 6 nitrogen and oxygen atoms in total. The molecule has 3 aliphatic heterocycles. The molecule has 4 saturated carbocycles. The van der Waals surface area contributed by atoms with Gasteiger partial charge in [-0.05, 0) is 80.9 Å². The fourth-order valence-electron chi connectivity index (χ4n) is 8.13. The van der Waals surface area contributed by atoms with Crippen molar-refractivity contribution in [2.45, 2.75) is 62.8 Å². The molecule has 3 heterocycles. The van der Waals surface area contributed by atoms with Gasteiger partial charge in [-0.2, -0.15) is 0 Å². The Morgan fingerprint density at radius 3 is 2.19 bits per heavy atom. The van der Waals surface area contributed by atoms with Crippen LogP contribution in [0.1, 0.15) is 45.4 Å². The van der Waals surface area contributed by atoms with E-state index in [4.69, 9.17) is 9.05 Å². The van der Waals surface area contributed by atoms with Gasteiger partial charge in [0.15, 0.2) is 0 Å². The number of carbonyl (C=O) groups excluding carboxylic acids is 2. The van der Waals surface area contributed by atoms with Crippen LogP contribution in [0.15, 0.2) is 42.0 Å². The van der Waals surface area contributed by atoms with Crippen LogP contribution in [0, 0.1) is 29.6 Å². The number of anilines is 1. The van der Waals surface area contributed by atoms with Crippen LogP contribution in [0.4, 0.5) is 5.69 Å². The van der Waals surface area contributed by atoms with Crippen LogP contribution < -0.4 is 4.90 Å². The first-order chi connectivity index (χ1) is 15.4. The van der Waals surface area contributed by atoms with Crippen molar-refractivity contribution in [3.63, 3.8) is 0 Å². The van der Waals surface area contributed by atoms with E-state index in [0.29, 0.717) is 23.4 Å². The molecule has 6 fully saturated rings. The quantitative estimate of drug-likeness (QED) is 0.377. The van der Waals surface area contributed by atoms with Crippen LogP contribution in [0.5, 0.6) is 0 Å². The molecule has 0 aromatic heterocycles. The van der Waals surface area contributed by atoms with Crippen LogP contribution >= 0.6 is 7.60 Å². The van der Waals surface area contributed by atoms with Crippen molar-refractivity contribution in [1.82, 2.24) is 0 Å². The van der Waals surface area contributed by atoms with Crippen molar-refractivity contribution >= 4 is 25.1 Å². The largest absolute Gasteiger partial charge is 0.339 e. The molecule has 5 atom stereocenters. The Hall–Kier alpha value is -1.75. The molecule has 2 saturated heterocycles. The number of hydrogen-bond acceptors (Lipinski definition) is 5. The Bertz CT molecular complexity index is 1060. The molecule has 1 aromatic rings. The normalized spacial score (nSPS) is 48.3. The Morgan fingerprint density at radius 2 is 1.56 bits per heavy atom. The fraction of sp³-hybridized carbons (Fsp3) is 0.600. The molecule has 168 valence electrons. The Kier molecular flexibility index (Phi) is 3.96. The number of hydrogen-bond donors (Lipinski definition) is 0. The van der Waals surface area contributed by atoms with Gasteiger partial charge in [0, 0.05) is 0 Å². The highest BCUT2D eigenvalue weighted by Crippen LogP contribution is 2.72. The monoisotopic (exact) mass is 453 g/mol. The first kappa shape index (κ1) is 19.7. The standard InChI is InChI=1S/C25H28NO5P/c1-14-7-19-20-21(24(28)26(23(20)27)18-5-3-2-4-6-18)22(14)30-32(19,29)31-25-11-15-8-16(12-25)10-17(9-15)13-25/h2-7,15-17,19-22H,8-13H2,1H3/t15?,16?,17?,19-,20+,21+,22+,25?,32+/m0/s1. The van der Waals surface area contributed by atoms with Gasteiger partial charge in [0.25, 0.3) is 0 Å². The molecule has 9 rings (SSSR count). The van der Waals surface area contributed by atoms with E-state index in [2.05, 4.69) is 0 Å². The van der Waals surface area contributed by atoms with Crippen molar-refractivity contribution in [2.75, 3.05) is 4.90 Å². The van der Waals surface area contributed by atoms with Gasteiger partial charge in [0.05, 0.1) is 28.8 Å². The third-order valence-corrected chi connectivity index (χ3v) is 11.3. The highest BCUT2D eigenvalue weighted by Gasteiger charge is 2.68. The van der Waals surface area contributed by atoms with E-state index in [-0.39, 0.29) is 17.4 Å². The molecular formula is C25H28NO5P. The molecule has 32 heavy (non-hydrogen) atoms. The maximum atomic E-state index is 14.3. The van der Waals surface area contributed by atoms with Gasteiger partial charge < -0.3 is 4.52 Å². The lowest BCUT2D eigenvalue weighted by Crippen LogP contribution is -2.54. The van der Waals surface area contributed by atoms with Crippen molar-refractivity contribution in [3.05, 3.63) is 42.0 Å². The van der Waals surface area contributed by atoms with Gasteiger partial charge in [0.1, 0.15) is 6.10 Å². The Morgan fingerprint density at radius 1 is 0.969 bits per heavy atom. The minimum atomic E-state index is -3.59. The molecule has 7 heteroatoms. The summed E-state index contributed by atoms with van der Waals surface area (Å²) in [5, 5.41) is 0. The van der Waals surface area contributed by atoms with Crippen molar-refractivity contribution in [2.24, 2.45) is 29.6 Å². The summed E-state index contributed by atoms with van der Waals surface area (Å²) in [5.74, 6) is 0.135. The minimum Gasteiger partial charge on any atom is -0.301 e. The number of allylic oxidation sites excluding steroid dienone is 1. The van der Waals surface area contributed by atoms with Crippen molar-refractivity contribution < 1.29 is 23.2 Å². The van der Waals surface area contributed by atoms with Gasteiger partial charge >= 0.3 is 7.60 Å². The smallest absolute Gasteiger partial charge is 0.301 e. The molecule has 6 bridgehead atoms. The predicted octanol–water partition coefficient (Wildman–Crippen LogP) is 4.70. The Labute approximate surface area is 187 Å². The van der Waals surface area contributed by atoms with E-state index in [1.54, 1.807) is 12.1 Å². The van der Waals surface area contributed by atoms with Crippen LogP contribution in [0.25, 0.3) is 0 Å². The summed E-state index contributed by atoms with van der Waals surface area (Å²) in [6.45, 7) is 1.91. The van der Waals surface area contributed by atoms with Crippen molar-refractivity contribution in [3.8, 4) is 0 Å². The lowest BCUT2D eigenvalue weighted by Gasteiger charge is -2.58. The van der Waals surface area contributed by atoms with Crippen LogP contribution in [0.2, 0.25) is 0 Å². The summed E-state index contributed by atoms with van der Waals surface area (Å²) in [6.07, 6.45) is 7.90. The number of carbonyl (C=O) groups is 2. The summed E-state index contributed by atoms with van der Waals surface area (Å²) in [5.41, 5.74) is 0.374. The number of amides is 2. The van der Waals surface area contributed by atoms with Gasteiger partial charge in [-0.1, -0.05) is 24.3 Å². The van der Waals surface area contributed by atoms with E-state index < -0.39 is 31.2 Å². The van der Waals surface area contributed by atoms with Gasteiger partial charge in [-0.25, -0.2) is 4.90 Å². The fourth-order valence-corrected chi connectivity index (χ4v) is 10.9. The number of fused-ring (bicyclic) bond motifs is 1. The van der Waals surface area contributed by atoms with Gasteiger partial charge in [-0.15, -0.1) is 0 Å². The average Bonchev–Trinajstić information content (AvgIpc) is 2.99. The number of para-hydroxylation sites is 1. The second kappa shape index (κ2) is 6.43. The zero-order valence-electron chi connectivity index (χ0n) is 18.2. The topological polar surface area (TPSA) is 72.9 Å². The van der Waals surface area contributed by atoms with E-state index >= 15 is 0 Å². The lowest BCUT2D eigenvalue weighted by atomic mass is 9.54. The molecule has 0 unspecified atom stereocenters. The van der Waals surface area contributed by atoms with Crippen LogP contribution in [-0.2, 0) is 23.2 Å².